The van der Waals surface area contributed by atoms with Crippen molar-refractivity contribution in [3.63, 3.8) is 0 Å². The van der Waals surface area contributed by atoms with Crippen LogP contribution in [0.4, 0.5) is 0 Å². The summed E-state index contributed by atoms with van der Waals surface area (Å²) < 4.78 is 5.89. The highest BCUT2D eigenvalue weighted by Gasteiger charge is 2.12. The fourth-order valence-electron chi connectivity index (χ4n) is 1.13. The highest BCUT2D eigenvalue weighted by Crippen LogP contribution is 2.23. The molecule has 0 saturated heterocycles. The number of hydrogen-bond donors (Lipinski definition) is 1. The first kappa shape index (κ1) is 16.3. The van der Waals surface area contributed by atoms with E-state index >= 15 is 0 Å². The van der Waals surface area contributed by atoms with Crippen molar-refractivity contribution in [3.8, 4) is 0 Å². The molecule has 0 spiro atoms. The summed E-state index contributed by atoms with van der Waals surface area (Å²) in [5, 5.41) is 3.48. The Morgan fingerprint density at radius 1 is 1.19 bits per heavy atom. The first-order valence-corrected chi connectivity index (χ1v) is 7.25. The van der Waals surface area contributed by atoms with Gasteiger partial charge >= 0.3 is 0 Å². The number of rotatable bonds is 8. The average Bonchev–Trinajstić information content (AvgIpc) is 2.12. The van der Waals surface area contributed by atoms with Gasteiger partial charge in [0.1, 0.15) is 0 Å². The molecule has 98 valence electrons. The molecule has 0 bridgehead atoms. The van der Waals surface area contributed by atoms with Crippen LogP contribution in [0.25, 0.3) is 0 Å². The van der Waals surface area contributed by atoms with Crippen LogP contribution in [0.1, 0.15) is 41.5 Å². The molecule has 0 radical (unpaired) electrons. The summed E-state index contributed by atoms with van der Waals surface area (Å²) in [6.45, 7) is 16.0. The van der Waals surface area contributed by atoms with E-state index in [4.69, 9.17) is 4.74 Å². The van der Waals surface area contributed by atoms with E-state index in [0.29, 0.717) is 16.7 Å². The van der Waals surface area contributed by atoms with Crippen LogP contribution in [0.15, 0.2) is 0 Å². The van der Waals surface area contributed by atoms with E-state index in [1.54, 1.807) is 0 Å². The van der Waals surface area contributed by atoms with Crippen molar-refractivity contribution in [3.05, 3.63) is 0 Å². The molecule has 16 heavy (non-hydrogen) atoms. The molecule has 0 aliphatic heterocycles. The monoisotopic (exact) mass is 247 g/mol. The molecule has 0 heterocycles. The molecule has 1 unspecified atom stereocenters. The lowest BCUT2D eigenvalue weighted by Gasteiger charge is -2.21. The predicted octanol–water partition coefficient (Wildman–Crippen LogP) is 3.17. The van der Waals surface area contributed by atoms with Crippen molar-refractivity contribution in [1.82, 2.24) is 5.32 Å². The van der Waals surface area contributed by atoms with Gasteiger partial charge in [-0.2, -0.15) is 11.8 Å². The van der Waals surface area contributed by atoms with Crippen LogP contribution in [0.3, 0.4) is 0 Å². The summed E-state index contributed by atoms with van der Waals surface area (Å²) >= 11 is 2.01. The number of nitrogens with one attached hydrogen (secondary N) is 1. The Bertz CT molecular complexity index is 166. The Hall–Kier alpha value is 0.270. The average molecular weight is 247 g/mol. The fraction of sp³-hybridized carbons (Fsp3) is 1.00. The Morgan fingerprint density at radius 3 is 2.31 bits per heavy atom. The van der Waals surface area contributed by atoms with Crippen LogP contribution in [0.5, 0.6) is 0 Å². The molecule has 0 fully saturated rings. The smallest absolute Gasteiger partial charge is 0.0591 e. The number of thioether (sulfide) groups is 1. The summed E-state index contributed by atoms with van der Waals surface area (Å²) in [5.41, 5.74) is 0. The summed E-state index contributed by atoms with van der Waals surface area (Å²) in [7, 11) is 0. The van der Waals surface area contributed by atoms with Gasteiger partial charge in [0.05, 0.1) is 6.61 Å². The van der Waals surface area contributed by atoms with Crippen molar-refractivity contribution in [2.45, 2.75) is 52.3 Å². The molecular weight excluding hydrogens is 218 g/mol. The fourth-order valence-corrected chi connectivity index (χ4v) is 2.00. The second kappa shape index (κ2) is 8.37. The normalized spacial score (nSPS) is 14.4. The Kier molecular flexibility index (Phi) is 8.52. The Balaban J connectivity index is 3.34. The summed E-state index contributed by atoms with van der Waals surface area (Å²) in [5.74, 6) is 1.79. The minimum Gasteiger partial charge on any atom is -0.380 e. The van der Waals surface area contributed by atoms with Gasteiger partial charge in [0.2, 0.25) is 0 Å². The zero-order valence-electron chi connectivity index (χ0n) is 11.8. The zero-order valence-corrected chi connectivity index (χ0v) is 12.6. The lowest BCUT2D eigenvalue weighted by molar-refractivity contribution is 0.111. The third-order valence-electron chi connectivity index (χ3n) is 1.96. The molecule has 0 aliphatic carbocycles. The van der Waals surface area contributed by atoms with Crippen LogP contribution >= 0.6 is 11.8 Å². The minimum absolute atomic E-state index is 0.365. The Labute approximate surface area is 106 Å². The third-order valence-corrected chi connectivity index (χ3v) is 3.49. The Morgan fingerprint density at radius 2 is 1.81 bits per heavy atom. The second-order valence-electron chi connectivity index (χ2n) is 5.75. The van der Waals surface area contributed by atoms with Crippen LogP contribution in [-0.4, -0.2) is 36.3 Å². The van der Waals surface area contributed by atoms with E-state index in [-0.39, 0.29) is 0 Å². The quantitative estimate of drug-likeness (QED) is 0.666. The largest absolute Gasteiger partial charge is 0.380 e. The van der Waals surface area contributed by atoms with Gasteiger partial charge in [-0.15, -0.1) is 0 Å². The van der Waals surface area contributed by atoms with E-state index < -0.39 is 0 Å². The van der Waals surface area contributed by atoms with Gasteiger partial charge in [0, 0.05) is 29.7 Å². The lowest BCUT2D eigenvalue weighted by atomic mass is 10.2. The van der Waals surface area contributed by atoms with E-state index in [2.05, 4.69) is 46.9 Å². The molecule has 1 atom stereocenters. The summed E-state index contributed by atoms with van der Waals surface area (Å²) in [6, 6.07) is 0.562. The van der Waals surface area contributed by atoms with Gasteiger partial charge in [-0.05, 0) is 12.8 Å². The van der Waals surface area contributed by atoms with Gasteiger partial charge < -0.3 is 10.1 Å². The van der Waals surface area contributed by atoms with E-state index in [9.17, 15) is 0 Å². The van der Waals surface area contributed by atoms with Crippen molar-refractivity contribution in [1.29, 1.82) is 0 Å². The summed E-state index contributed by atoms with van der Waals surface area (Å²) in [4.78, 5) is 0. The highest BCUT2D eigenvalue weighted by molar-refractivity contribution is 8.00. The van der Waals surface area contributed by atoms with Crippen LogP contribution in [0.2, 0.25) is 0 Å². The maximum atomic E-state index is 5.52. The first-order chi connectivity index (χ1) is 7.31. The molecule has 0 rings (SSSR count). The highest BCUT2D eigenvalue weighted by atomic mass is 32.2. The topological polar surface area (TPSA) is 21.3 Å². The van der Waals surface area contributed by atoms with Crippen molar-refractivity contribution < 1.29 is 4.74 Å². The molecular formula is C13H29NOS. The lowest BCUT2D eigenvalue weighted by Crippen LogP contribution is -2.32. The van der Waals surface area contributed by atoms with Crippen molar-refractivity contribution in [2.24, 2.45) is 5.92 Å². The SMILES string of the molecule is CC(C)COCCNC(C)CSC(C)(C)C. The predicted molar refractivity (Wildman–Crippen MR) is 75.3 cm³/mol. The molecule has 2 nitrogen and oxygen atoms in total. The van der Waals surface area contributed by atoms with Crippen LogP contribution in [0, 0.1) is 5.92 Å². The number of ether oxygens (including phenoxy) is 1. The zero-order chi connectivity index (χ0) is 12.6. The maximum absolute atomic E-state index is 5.52. The number of hydrogen-bond acceptors (Lipinski definition) is 3. The van der Waals surface area contributed by atoms with Gasteiger partial charge in [0.15, 0.2) is 0 Å². The molecule has 0 aliphatic rings. The van der Waals surface area contributed by atoms with E-state index in [1.807, 2.05) is 11.8 Å². The molecule has 0 saturated carbocycles. The van der Waals surface area contributed by atoms with Gasteiger partial charge in [-0.1, -0.05) is 34.6 Å². The molecule has 3 heteroatoms. The van der Waals surface area contributed by atoms with E-state index in [0.717, 1.165) is 25.5 Å². The third kappa shape index (κ3) is 12.3. The standard InChI is InChI=1S/C13H29NOS/c1-11(2)9-15-8-7-14-12(3)10-16-13(4,5)6/h11-12,14H,7-10H2,1-6H3. The molecule has 0 aromatic carbocycles. The van der Waals surface area contributed by atoms with Crippen LogP contribution < -0.4 is 5.32 Å². The van der Waals surface area contributed by atoms with Crippen molar-refractivity contribution in [2.75, 3.05) is 25.5 Å². The van der Waals surface area contributed by atoms with Gasteiger partial charge in [0.25, 0.3) is 0 Å². The van der Waals surface area contributed by atoms with Crippen molar-refractivity contribution >= 4 is 11.8 Å². The first-order valence-electron chi connectivity index (χ1n) is 6.26. The minimum atomic E-state index is 0.365. The second-order valence-corrected chi connectivity index (χ2v) is 7.59. The summed E-state index contributed by atoms with van der Waals surface area (Å²) in [6.07, 6.45) is 0. The molecule has 1 N–H and O–H groups in total. The molecule has 0 aromatic rings. The van der Waals surface area contributed by atoms with Gasteiger partial charge in [-0.3, -0.25) is 0 Å². The van der Waals surface area contributed by atoms with E-state index in [1.165, 1.54) is 0 Å². The van der Waals surface area contributed by atoms with Crippen LogP contribution in [-0.2, 0) is 4.74 Å². The van der Waals surface area contributed by atoms with Gasteiger partial charge in [-0.25, -0.2) is 0 Å². The maximum Gasteiger partial charge on any atom is 0.0591 e. The molecule has 0 amide bonds. The molecule has 0 aromatic heterocycles.